The van der Waals surface area contributed by atoms with E-state index in [-0.39, 0.29) is 24.6 Å². The van der Waals surface area contributed by atoms with E-state index in [2.05, 4.69) is 0 Å². The summed E-state index contributed by atoms with van der Waals surface area (Å²) in [4.78, 5) is 0. The summed E-state index contributed by atoms with van der Waals surface area (Å²) >= 11 is 0. The molecule has 0 aliphatic heterocycles. The molecule has 2 unspecified atom stereocenters. The average Bonchev–Trinajstić information content (AvgIpc) is 2.28. The topological polar surface area (TPSA) is 26.0 Å². The smallest absolute Gasteiger partial charge is 0.248 e. The van der Waals surface area contributed by atoms with Gasteiger partial charge in [-0.25, -0.2) is 13.2 Å². The molecule has 0 bridgehead atoms. The third-order valence-corrected chi connectivity index (χ3v) is 3.63. The van der Waals surface area contributed by atoms with Crippen molar-refractivity contribution in [2.75, 3.05) is 0 Å². The molecule has 0 aromatic heterocycles. The van der Waals surface area contributed by atoms with Gasteiger partial charge in [0.1, 0.15) is 5.82 Å². The lowest BCUT2D eigenvalue weighted by atomic mass is 9.81. The van der Waals surface area contributed by atoms with Crippen LogP contribution in [0.2, 0.25) is 0 Å². The van der Waals surface area contributed by atoms with Gasteiger partial charge in [-0.05, 0) is 31.2 Å². The van der Waals surface area contributed by atoms with E-state index in [1.807, 2.05) is 0 Å². The Labute approximate surface area is 105 Å². The molecule has 2 N–H and O–H groups in total. The fourth-order valence-electron chi connectivity index (χ4n) is 2.74. The van der Waals surface area contributed by atoms with Crippen molar-refractivity contribution in [1.29, 1.82) is 0 Å². The monoisotopic (exact) mass is 257 g/mol. The third kappa shape index (κ3) is 3.25. The van der Waals surface area contributed by atoms with Gasteiger partial charge in [0.25, 0.3) is 0 Å². The third-order valence-electron chi connectivity index (χ3n) is 3.63. The number of nitrogens with two attached hydrogens (primary N) is 1. The molecule has 1 aromatic carbocycles. The standard InChI is InChI=1S/C14H18F3N/c15-12-6-2-1-5-11(12)13(18)8-10-4-3-7-14(16,17)9-10/h1-2,5-6,10,13H,3-4,7-9,18H2. The van der Waals surface area contributed by atoms with Gasteiger partial charge >= 0.3 is 0 Å². The van der Waals surface area contributed by atoms with Crippen molar-refractivity contribution in [2.45, 2.75) is 44.1 Å². The average molecular weight is 257 g/mol. The highest BCUT2D eigenvalue weighted by molar-refractivity contribution is 5.20. The predicted molar refractivity (Wildman–Crippen MR) is 64.9 cm³/mol. The zero-order valence-electron chi connectivity index (χ0n) is 10.2. The summed E-state index contributed by atoms with van der Waals surface area (Å²) < 4.78 is 40.1. The van der Waals surface area contributed by atoms with Crippen LogP contribution in [0.5, 0.6) is 0 Å². The summed E-state index contributed by atoms with van der Waals surface area (Å²) in [6.45, 7) is 0. The van der Waals surface area contributed by atoms with Crippen molar-refractivity contribution < 1.29 is 13.2 Å². The van der Waals surface area contributed by atoms with Gasteiger partial charge in [0.05, 0.1) is 0 Å². The van der Waals surface area contributed by atoms with Gasteiger partial charge in [0.15, 0.2) is 0 Å². The second kappa shape index (κ2) is 5.31. The van der Waals surface area contributed by atoms with Crippen LogP contribution in [0.15, 0.2) is 24.3 Å². The Morgan fingerprint density at radius 1 is 1.33 bits per heavy atom. The lowest BCUT2D eigenvalue weighted by Crippen LogP contribution is -2.28. The van der Waals surface area contributed by atoms with Crippen molar-refractivity contribution in [3.8, 4) is 0 Å². The van der Waals surface area contributed by atoms with Crippen LogP contribution in [0.4, 0.5) is 13.2 Å². The Morgan fingerprint density at radius 2 is 2.06 bits per heavy atom. The van der Waals surface area contributed by atoms with Crippen LogP contribution < -0.4 is 5.73 Å². The highest BCUT2D eigenvalue weighted by atomic mass is 19.3. The largest absolute Gasteiger partial charge is 0.324 e. The Hall–Kier alpha value is -1.03. The Bertz CT molecular complexity index is 406. The highest BCUT2D eigenvalue weighted by Crippen LogP contribution is 2.40. The number of hydrogen-bond donors (Lipinski definition) is 1. The molecule has 100 valence electrons. The van der Waals surface area contributed by atoms with E-state index in [4.69, 9.17) is 5.73 Å². The molecule has 4 heteroatoms. The molecule has 18 heavy (non-hydrogen) atoms. The highest BCUT2D eigenvalue weighted by Gasteiger charge is 2.36. The molecule has 1 aliphatic carbocycles. The van der Waals surface area contributed by atoms with Crippen LogP contribution in [0.25, 0.3) is 0 Å². The molecule has 0 spiro atoms. The zero-order chi connectivity index (χ0) is 13.2. The van der Waals surface area contributed by atoms with E-state index in [0.717, 1.165) is 6.42 Å². The van der Waals surface area contributed by atoms with E-state index in [0.29, 0.717) is 18.4 Å². The van der Waals surface area contributed by atoms with Crippen molar-refractivity contribution in [2.24, 2.45) is 11.7 Å². The quantitative estimate of drug-likeness (QED) is 0.868. The van der Waals surface area contributed by atoms with Crippen molar-refractivity contribution in [3.05, 3.63) is 35.6 Å². The summed E-state index contributed by atoms with van der Waals surface area (Å²) in [5.41, 5.74) is 6.35. The number of rotatable bonds is 3. The van der Waals surface area contributed by atoms with Crippen LogP contribution >= 0.6 is 0 Å². The Kier molecular flexibility index (Phi) is 3.95. The molecule has 2 atom stereocenters. The molecule has 0 heterocycles. The molecule has 1 saturated carbocycles. The maximum atomic E-state index is 13.5. The predicted octanol–water partition coefficient (Wildman–Crippen LogP) is 4.04. The molecule has 2 rings (SSSR count). The van der Waals surface area contributed by atoms with Gasteiger partial charge in [0, 0.05) is 24.4 Å². The maximum absolute atomic E-state index is 13.5. The molecule has 0 saturated heterocycles. The Balaban J connectivity index is 1.99. The van der Waals surface area contributed by atoms with Crippen LogP contribution in [-0.4, -0.2) is 5.92 Å². The van der Waals surface area contributed by atoms with Crippen LogP contribution in [0.1, 0.15) is 43.7 Å². The normalized spacial score (nSPS) is 24.8. The SMILES string of the molecule is NC(CC1CCCC(F)(F)C1)c1ccccc1F. The first kappa shape index (κ1) is 13.4. The van der Waals surface area contributed by atoms with Crippen LogP contribution in [0, 0.1) is 11.7 Å². The minimum atomic E-state index is -2.57. The lowest BCUT2D eigenvalue weighted by molar-refractivity contribution is -0.0543. The van der Waals surface area contributed by atoms with Crippen LogP contribution in [0.3, 0.4) is 0 Å². The fourth-order valence-corrected chi connectivity index (χ4v) is 2.74. The first-order valence-electron chi connectivity index (χ1n) is 6.36. The molecule has 0 amide bonds. The minimum absolute atomic E-state index is 0.0293. The van der Waals surface area contributed by atoms with Gasteiger partial charge in [-0.2, -0.15) is 0 Å². The van der Waals surface area contributed by atoms with E-state index in [9.17, 15) is 13.2 Å². The molecule has 1 nitrogen and oxygen atoms in total. The second-order valence-electron chi connectivity index (χ2n) is 5.18. The summed E-state index contributed by atoms with van der Waals surface area (Å²) in [6, 6.07) is 5.80. The second-order valence-corrected chi connectivity index (χ2v) is 5.18. The Morgan fingerprint density at radius 3 is 2.72 bits per heavy atom. The number of benzene rings is 1. The molecule has 0 radical (unpaired) electrons. The first-order chi connectivity index (χ1) is 8.48. The zero-order valence-corrected chi connectivity index (χ0v) is 10.2. The minimum Gasteiger partial charge on any atom is -0.324 e. The summed E-state index contributed by atoms with van der Waals surface area (Å²) in [5.74, 6) is -3.03. The van der Waals surface area contributed by atoms with Crippen LogP contribution in [-0.2, 0) is 0 Å². The van der Waals surface area contributed by atoms with E-state index >= 15 is 0 Å². The van der Waals surface area contributed by atoms with Crippen molar-refractivity contribution in [1.82, 2.24) is 0 Å². The summed E-state index contributed by atoms with van der Waals surface area (Å²) in [6.07, 6.45) is 1.57. The molecule has 1 aliphatic rings. The van der Waals surface area contributed by atoms with Gasteiger partial charge in [0.2, 0.25) is 5.92 Å². The van der Waals surface area contributed by atoms with Crippen molar-refractivity contribution >= 4 is 0 Å². The van der Waals surface area contributed by atoms with E-state index in [1.165, 1.54) is 6.07 Å². The first-order valence-corrected chi connectivity index (χ1v) is 6.36. The van der Waals surface area contributed by atoms with Gasteiger partial charge < -0.3 is 5.73 Å². The molecule has 1 fully saturated rings. The fraction of sp³-hybridized carbons (Fsp3) is 0.571. The number of hydrogen-bond acceptors (Lipinski definition) is 1. The van der Waals surface area contributed by atoms with Gasteiger partial charge in [-0.3, -0.25) is 0 Å². The van der Waals surface area contributed by atoms with E-state index in [1.54, 1.807) is 18.2 Å². The van der Waals surface area contributed by atoms with E-state index < -0.39 is 12.0 Å². The summed E-state index contributed by atoms with van der Waals surface area (Å²) in [5, 5.41) is 0. The molecule has 1 aromatic rings. The van der Waals surface area contributed by atoms with Gasteiger partial charge in [-0.15, -0.1) is 0 Å². The number of alkyl halides is 2. The number of halogens is 3. The molecular formula is C14H18F3N. The maximum Gasteiger partial charge on any atom is 0.248 e. The lowest BCUT2D eigenvalue weighted by Gasteiger charge is -2.30. The van der Waals surface area contributed by atoms with Crippen molar-refractivity contribution in [3.63, 3.8) is 0 Å². The molecular weight excluding hydrogens is 239 g/mol. The van der Waals surface area contributed by atoms with Gasteiger partial charge in [-0.1, -0.05) is 18.2 Å². The summed E-state index contributed by atoms with van der Waals surface area (Å²) in [7, 11) is 0.